The Balaban J connectivity index is 2.06. The second-order valence-electron chi connectivity index (χ2n) is 9.05. The molecule has 4 heteroatoms. The van der Waals surface area contributed by atoms with Crippen LogP contribution in [0.1, 0.15) is 81.8 Å². The van der Waals surface area contributed by atoms with E-state index < -0.39 is 0 Å². The van der Waals surface area contributed by atoms with Crippen molar-refractivity contribution in [1.82, 2.24) is 14.8 Å². The van der Waals surface area contributed by atoms with Crippen LogP contribution in [-0.2, 0) is 0 Å². The molecule has 0 unspecified atom stereocenters. The molecule has 0 radical (unpaired) electrons. The molecule has 0 saturated heterocycles. The van der Waals surface area contributed by atoms with Gasteiger partial charge < -0.3 is 0 Å². The second-order valence-corrected chi connectivity index (χ2v) is 9.05. The summed E-state index contributed by atoms with van der Waals surface area (Å²) in [5, 5.41) is 18.6. The van der Waals surface area contributed by atoms with Gasteiger partial charge in [-0.2, -0.15) is 5.26 Å². The van der Waals surface area contributed by atoms with Crippen LogP contribution in [0.25, 0.3) is 22.6 Å². The first-order chi connectivity index (χ1) is 15.4. The highest BCUT2D eigenvalue weighted by Gasteiger charge is 2.25. The van der Waals surface area contributed by atoms with Gasteiger partial charge in [-0.25, -0.2) is 0 Å². The molecule has 4 nitrogen and oxygen atoms in total. The van der Waals surface area contributed by atoms with Crippen molar-refractivity contribution in [3.8, 4) is 23.1 Å². The zero-order valence-electron chi connectivity index (χ0n) is 19.6. The summed E-state index contributed by atoms with van der Waals surface area (Å²) in [6.07, 6.45) is 6.64. The lowest BCUT2D eigenvalue weighted by Crippen LogP contribution is -2.12. The van der Waals surface area contributed by atoms with Crippen LogP contribution in [0.4, 0.5) is 0 Å². The third-order valence-corrected chi connectivity index (χ3v) is 6.13. The molecule has 1 aromatic heterocycles. The molecular weight excluding hydrogens is 392 g/mol. The highest BCUT2D eigenvalue weighted by Crippen LogP contribution is 2.38. The van der Waals surface area contributed by atoms with Gasteiger partial charge >= 0.3 is 0 Å². The Morgan fingerprint density at radius 3 is 2.00 bits per heavy atom. The number of allylic oxidation sites excluding steroid dienone is 4. The van der Waals surface area contributed by atoms with E-state index in [9.17, 15) is 5.26 Å². The van der Waals surface area contributed by atoms with Crippen LogP contribution in [0.5, 0.6) is 0 Å². The summed E-state index contributed by atoms with van der Waals surface area (Å²) < 4.78 is 2.25. The van der Waals surface area contributed by atoms with Gasteiger partial charge in [0, 0.05) is 11.1 Å². The first-order valence-corrected chi connectivity index (χ1v) is 11.4. The molecule has 32 heavy (non-hydrogen) atoms. The SMILES string of the molecule is CC1=CCCC=C1c1nnc(-c2ccc(C#N)cc2)n1-c1c(C(C)C)cccc1C(C)C. The summed E-state index contributed by atoms with van der Waals surface area (Å²) in [5.74, 6) is 2.39. The molecule has 4 rings (SSSR count). The largest absolute Gasteiger partial charge is 0.274 e. The number of nitrogens with zero attached hydrogens (tertiary/aromatic N) is 4. The molecule has 0 bridgehead atoms. The van der Waals surface area contributed by atoms with E-state index in [1.54, 1.807) is 0 Å². The van der Waals surface area contributed by atoms with Crippen LogP contribution in [0, 0.1) is 11.3 Å². The zero-order chi connectivity index (χ0) is 22.8. The summed E-state index contributed by atoms with van der Waals surface area (Å²) in [6, 6.07) is 16.4. The van der Waals surface area contributed by atoms with Crippen LogP contribution >= 0.6 is 0 Å². The third kappa shape index (κ3) is 3.91. The number of benzene rings is 2. The fraction of sp³-hybridized carbons (Fsp3) is 0.321. The number of para-hydroxylation sites is 1. The summed E-state index contributed by atoms with van der Waals surface area (Å²) in [7, 11) is 0. The highest BCUT2D eigenvalue weighted by molar-refractivity contribution is 5.79. The van der Waals surface area contributed by atoms with Gasteiger partial charge in [-0.3, -0.25) is 4.57 Å². The lowest BCUT2D eigenvalue weighted by Gasteiger charge is -2.24. The van der Waals surface area contributed by atoms with Crippen molar-refractivity contribution in [2.75, 3.05) is 0 Å². The standard InChI is InChI=1S/C28H30N4/c1-18(2)23-11-8-12-24(19(3)4)26(23)32-27(22-15-13-21(17-29)14-16-22)30-31-28(32)25-10-7-6-9-20(25)5/h8-16,18-19H,6-7H2,1-5H3. The molecule has 1 aliphatic carbocycles. The maximum absolute atomic E-state index is 9.23. The molecule has 0 atom stereocenters. The van der Waals surface area contributed by atoms with Crippen LogP contribution in [0.2, 0.25) is 0 Å². The molecule has 2 aromatic carbocycles. The lowest BCUT2D eigenvalue weighted by atomic mass is 9.91. The maximum Gasteiger partial charge on any atom is 0.168 e. The predicted molar refractivity (Wildman–Crippen MR) is 131 cm³/mol. The fourth-order valence-electron chi connectivity index (χ4n) is 4.39. The molecule has 0 N–H and O–H groups in total. The van der Waals surface area contributed by atoms with Crippen LogP contribution in [-0.4, -0.2) is 14.8 Å². The first kappa shape index (κ1) is 21.8. The molecule has 1 heterocycles. The van der Waals surface area contributed by atoms with E-state index in [1.807, 2.05) is 24.3 Å². The zero-order valence-corrected chi connectivity index (χ0v) is 19.6. The molecule has 0 fully saturated rings. The molecule has 3 aromatic rings. The van der Waals surface area contributed by atoms with Crippen LogP contribution in [0.3, 0.4) is 0 Å². The van der Waals surface area contributed by atoms with Gasteiger partial charge in [0.15, 0.2) is 11.6 Å². The topological polar surface area (TPSA) is 54.5 Å². The van der Waals surface area contributed by atoms with Gasteiger partial charge in [-0.15, -0.1) is 10.2 Å². The van der Waals surface area contributed by atoms with E-state index >= 15 is 0 Å². The first-order valence-electron chi connectivity index (χ1n) is 11.4. The molecule has 0 amide bonds. The summed E-state index contributed by atoms with van der Waals surface area (Å²) in [4.78, 5) is 0. The second kappa shape index (κ2) is 8.96. The Kier molecular flexibility index (Phi) is 6.10. The Labute approximate surface area is 190 Å². The van der Waals surface area contributed by atoms with E-state index in [4.69, 9.17) is 10.2 Å². The minimum absolute atomic E-state index is 0.352. The van der Waals surface area contributed by atoms with Crippen LogP contribution in [0.15, 0.2) is 60.2 Å². The minimum atomic E-state index is 0.352. The van der Waals surface area contributed by atoms with Crippen molar-refractivity contribution >= 4 is 5.57 Å². The monoisotopic (exact) mass is 422 g/mol. The average molecular weight is 423 g/mol. The molecule has 1 aliphatic rings. The number of rotatable bonds is 5. The third-order valence-electron chi connectivity index (χ3n) is 6.13. The number of hydrogen-bond donors (Lipinski definition) is 0. The molecule has 162 valence electrons. The van der Waals surface area contributed by atoms with E-state index in [0.29, 0.717) is 17.4 Å². The minimum Gasteiger partial charge on any atom is -0.274 e. The van der Waals surface area contributed by atoms with Gasteiger partial charge in [0.2, 0.25) is 0 Å². The van der Waals surface area contributed by atoms with Crippen molar-refractivity contribution in [2.45, 2.75) is 59.3 Å². The van der Waals surface area contributed by atoms with E-state index in [1.165, 1.54) is 22.4 Å². The van der Waals surface area contributed by atoms with Gasteiger partial charge in [-0.1, -0.05) is 58.0 Å². The number of hydrogen-bond acceptors (Lipinski definition) is 3. The summed E-state index contributed by atoms with van der Waals surface area (Å²) in [6.45, 7) is 11.1. The van der Waals surface area contributed by atoms with Gasteiger partial charge in [0.1, 0.15) is 0 Å². The van der Waals surface area contributed by atoms with Crippen LogP contribution < -0.4 is 0 Å². The molecule has 0 aliphatic heterocycles. The van der Waals surface area contributed by atoms with E-state index in [2.05, 4.69) is 75.6 Å². The highest BCUT2D eigenvalue weighted by atomic mass is 15.3. The number of nitriles is 1. The van der Waals surface area contributed by atoms with Crippen molar-refractivity contribution in [3.63, 3.8) is 0 Å². The molecular formula is C28H30N4. The van der Waals surface area contributed by atoms with Gasteiger partial charge in [0.05, 0.1) is 17.3 Å². The number of aromatic nitrogens is 3. The average Bonchev–Trinajstić information content (AvgIpc) is 3.23. The normalized spacial score (nSPS) is 13.8. The Hall–Kier alpha value is -3.45. The molecule has 0 spiro atoms. The summed E-state index contributed by atoms with van der Waals surface area (Å²) >= 11 is 0. The van der Waals surface area contributed by atoms with E-state index in [0.717, 1.165) is 35.6 Å². The van der Waals surface area contributed by atoms with Crippen molar-refractivity contribution in [2.24, 2.45) is 0 Å². The van der Waals surface area contributed by atoms with Gasteiger partial charge in [0.25, 0.3) is 0 Å². The predicted octanol–water partition coefficient (Wildman–Crippen LogP) is 7.18. The Morgan fingerprint density at radius 2 is 1.44 bits per heavy atom. The molecule has 0 saturated carbocycles. The maximum atomic E-state index is 9.23. The summed E-state index contributed by atoms with van der Waals surface area (Å²) in [5.41, 5.74) is 7.72. The Morgan fingerprint density at radius 1 is 0.844 bits per heavy atom. The van der Waals surface area contributed by atoms with Crippen molar-refractivity contribution in [1.29, 1.82) is 5.26 Å². The Bertz CT molecular complexity index is 1210. The lowest BCUT2D eigenvalue weighted by molar-refractivity contribution is 0.803. The fourth-order valence-corrected chi connectivity index (χ4v) is 4.39. The smallest absolute Gasteiger partial charge is 0.168 e. The van der Waals surface area contributed by atoms with Crippen molar-refractivity contribution < 1.29 is 0 Å². The quantitative estimate of drug-likeness (QED) is 0.438. The van der Waals surface area contributed by atoms with Crippen molar-refractivity contribution in [3.05, 3.63) is 82.7 Å². The van der Waals surface area contributed by atoms with E-state index in [-0.39, 0.29) is 0 Å². The van der Waals surface area contributed by atoms with Gasteiger partial charge in [-0.05, 0) is 72.6 Å².